The zero-order valence-electron chi connectivity index (χ0n) is 12.3. The second-order valence-electron chi connectivity index (χ2n) is 5.83. The van der Waals surface area contributed by atoms with E-state index in [-0.39, 0.29) is 6.17 Å². The Morgan fingerprint density at radius 1 is 1.32 bits per heavy atom. The molecule has 116 valence electrons. The number of nitrogens with zero attached hydrogens (tertiary/aromatic N) is 3. The van der Waals surface area contributed by atoms with Gasteiger partial charge in [-0.25, -0.2) is 4.99 Å². The highest BCUT2D eigenvalue weighted by atomic mass is 79.9. The molecule has 0 amide bonds. The van der Waals surface area contributed by atoms with E-state index in [1.54, 1.807) is 0 Å². The molecular formula is C15H18BrN5S. The fourth-order valence-corrected chi connectivity index (χ4v) is 4.85. The van der Waals surface area contributed by atoms with E-state index in [9.17, 15) is 0 Å². The summed E-state index contributed by atoms with van der Waals surface area (Å²) >= 11 is 5.36. The van der Waals surface area contributed by atoms with Gasteiger partial charge in [-0.1, -0.05) is 22.0 Å². The molecule has 3 heterocycles. The van der Waals surface area contributed by atoms with E-state index in [2.05, 4.69) is 61.3 Å². The summed E-state index contributed by atoms with van der Waals surface area (Å²) in [4.78, 5) is 10.7. The van der Waals surface area contributed by atoms with Crippen molar-refractivity contribution in [2.75, 3.05) is 38.5 Å². The Hall–Kier alpha value is -1.15. The summed E-state index contributed by atoms with van der Waals surface area (Å²) in [6.07, 6.45) is 0.0427. The van der Waals surface area contributed by atoms with Gasteiger partial charge in [0.25, 0.3) is 0 Å². The van der Waals surface area contributed by atoms with Crippen LogP contribution in [0.1, 0.15) is 11.0 Å². The maximum atomic E-state index is 6.05. The number of halogens is 1. The van der Waals surface area contributed by atoms with Crippen LogP contribution in [0.3, 0.4) is 0 Å². The van der Waals surface area contributed by atoms with Gasteiger partial charge >= 0.3 is 0 Å². The Morgan fingerprint density at radius 3 is 2.86 bits per heavy atom. The molecule has 2 aliphatic heterocycles. The molecule has 1 aromatic carbocycles. The lowest BCUT2D eigenvalue weighted by atomic mass is 10.1. The Bertz CT molecular complexity index is 748. The summed E-state index contributed by atoms with van der Waals surface area (Å²) < 4.78 is 2.36. The molecule has 22 heavy (non-hydrogen) atoms. The quantitative estimate of drug-likeness (QED) is 0.799. The van der Waals surface area contributed by atoms with Crippen molar-refractivity contribution >= 4 is 49.0 Å². The van der Waals surface area contributed by atoms with E-state index >= 15 is 0 Å². The van der Waals surface area contributed by atoms with Gasteiger partial charge in [-0.15, -0.1) is 11.3 Å². The van der Waals surface area contributed by atoms with Gasteiger partial charge in [0.15, 0.2) is 5.96 Å². The number of fused-ring (bicyclic) bond motifs is 3. The zero-order valence-corrected chi connectivity index (χ0v) is 14.7. The molecule has 0 saturated carbocycles. The normalized spacial score (nSPS) is 23.2. The molecule has 0 radical (unpaired) electrons. The van der Waals surface area contributed by atoms with Crippen LogP contribution in [0.25, 0.3) is 10.1 Å². The van der Waals surface area contributed by atoms with Gasteiger partial charge in [0.1, 0.15) is 6.17 Å². The molecule has 1 fully saturated rings. The largest absolute Gasteiger partial charge is 0.370 e. The first-order valence-electron chi connectivity index (χ1n) is 7.36. The lowest BCUT2D eigenvalue weighted by Crippen LogP contribution is -2.46. The molecule has 0 bridgehead atoms. The minimum absolute atomic E-state index is 0.0427. The van der Waals surface area contributed by atoms with Crippen LogP contribution in [0.4, 0.5) is 5.69 Å². The van der Waals surface area contributed by atoms with Crippen molar-refractivity contribution < 1.29 is 0 Å². The Morgan fingerprint density at radius 2 is 2.09 bits per heavy atom. The number of piperazine rings is 1. The second-order valence-corrected chi connectivity index (χ2v) is 7.83. The molecule has 1 aromatic heterocycles. The summed E-state index contributed by atoms with van der Waals surface area (Å²) in [6.45, 7) is 4.20. The molecule has 3 N–H and O–H groups in total. The minimum atomic E-state index is 0.0427. The molecular weight excluding hydrogens is 362 g/mol. The number of hydrogen-bond donors (Lipinski definition) is 2. The van der Waals surface area contributed by atoms with Gasteiger partial charge in [-0.3, -0.25) is 4.90 Å². The molecule has 4 rings (SSSR count). The number of likely N-dealkylation sites (N-methyl/N-ethyl adjacent to an activating group) is 1. The number of rotatable bonds is 1. The van der Waals surface area contributed by atoms with E-state index in [1.807, 2.05) is 11.3 Å². The van der Waals surface area contributed by atoms with E-state index in [1.165, 1.54) is 15.0 Å². The molecule has 2 aromatic rings. The van der Waals surface area contributed by atoms with Crippen LogP contribution in [0.15, 0.2) is 27.7 Å². The van der Waals surface area contributed by atoms with Crippen LogP contribution in [-0.4, -0.2) is 49.0 Å². The number of thiophene rings is 1. The van der Waals surface area contributed by atoms with Gasteiger partial charge in [0.2, 0.25) is 0 Å². The lowest BCUT2D eigenvalue weighted by Gasteiger charge is -2.37. The predicted molar refractivity (Wildman–Crippen MR) is 96.6 cm³/mol. The molecule has 5 nitrogen and oxygen atoms in total. The summed E-state index contributed by atoms with van der Waals surface area (Å²) in [6, 6.07) is 6.38. The fourth-order valence-electron chi connectivity index (χ4n) is 3.06. The van der Waals surface area contributed by atoms with Gasteiger partial charge in [-0.2, -0.15) is 0 Å². The molecule has 1 saturated heterocycles. The molecule has 0 aliphatic carbocycles. The smallest absolute Gasteiger partial charge is 0.195 e. The highest BCUT2D eigenvalue weighted by Gasteiger charge is 2.31. The van der Waals surface area contributed by atoms with E-state index < -0.39 is 0 Å². The Balaban J connectivity index is 1.77. The third-order valence-electron chi connectivity index (χ3n) is 4.31. The number of nitrogens with one attached hydrogen (secondary N) is 1. The van der Waals surface area contributed by atoms with Crippen LogP contribution < -0.4 is 11.1 Å². The number of benzene rings is 1. The van der Waals surface area contributed by atoms with E-state index in [4.69, 9.17) is 5.73 Å². The molecule has 7 heteroatoms. The zero-order chi connectivity index (χ0) is 15.3. The number of aliphatic imine (C=N–C) groups is 1. The summed E-state index contributed by atoms with van der Waals surface area (Å²) in [5.74, 6) is 0.513. The van der Waals surface area contributed by atoms with Gasteiger partial charge in [-0.05, 0) is 19.2 Å². The van der Waals surface area contributed by atoms with Crippen molar-refractivity contribution in [2.45, 2.75) is 6.17 Å². The standard InChI is InChI=1S/C15H18BrN5S/c1-20-4-6-21(7-5-20)14-13-12(18-15(17)19-14)10-3-2-9(16)8-11(10)22-13/h2-3,8,14H,4-7H2,1H3,(H3,17,18,19)/t14-/m0/s1. The van der Waals surface area contributed by atoms with Crippen LogP contribution in [0.5, 0.6) is 0 Å². The Labute approximate surface area is 141 Å². The highest BCUT2D eigenvalue weighted by molar-refractivity contribution is 9.10. The maximum absolute atomic E-state index is 6.05. The van der Waals surface area contributed by atoms with Crippen molar-refractivity contribution in [3.8, 4) is 0 Å². The first kappa shape index (κ1) is 14.4. The van der Waals surface area contributed by atoms with Crippen molar-refractivity contribution in [1.29, 1.82) is 0 Å². The van der Waals surface area contributed by atoms with Gasteiger partial charge in [0, 0.05) is 40.7 Å². The Kier molecular flexibility index (Phi) is 3.60. The van der Waals surface area contributed by atoms with Crippen LogP contribution in [-0.2, 0) is 0 Å². The van der Waals surface area contributed by atoms with E-state index in [0.717, 1.165) is 36.3 Å². The maximum Gasteiger partial charge on any atom is 0.195 e. The van der Waals surface area contributed by atoms with Crippen molar-refractivity contribution in [3.63, 3.8) is 0 Å². The third-order valence-corrected chi connectivity index (χ3v) is 6.00. The second kappa shape index (κ2) is 5.49. The first-order valence-corrected chi connectivity index (χ1v) is 8.97. The summed E-state index contributed by atoms with van der Waals surface area (Å²) in [7, 11) is 2.17. The number of guanidine groups is 1. The number of nitrogens with two attached hydrogens (primary N) is 1. The lowest BCUT2D eigenvalue weighted by molar-refractivity contribution is 0.116. The molecule has 2 aliphatic rings. The molecule has 1 atom stereocenters. The molecule has 0 unspecified atom stereocenters. The van der Waals surface area contributed by atoms with Crippen LogP contribution in [0, 0.1) is 0 Å². The average molecular weight is 380 g/mol. The van der Waals surface area contributed by atoms with Gasteiger partial charge in [0.05, 0.1) is 10.6 Å². The monoisotopic (exact) mass is 379 g/mol. The van der Waals surface area contributed by atoms with Crippen molar-refractivity contribution in [1.82, 2.24) is 9.80 Å². The number of hydrogen-bond acceptors (Lipinski definition) is 6. The average Bonchev–Trinajstić information content (AvgIpc) is 2.84. The SMILES string of the molecule is CN1CCN([C@@H]2N=C(N)Nc3c2sc2cc(Br)ccc32)CC1. The predicted octanol–water partition coefficient (Wildman–Crippen LogP) is 2.65. The number of anilines is 1. The topological polar surface area (TPSA) is 56.9 Å². The fraction of sp³-hybridized carbons (Fsp3) is 0.400. The van der Waals surface area contributed by atoms with Gasteiger partial charge < -0.3 is 16.0 Å². The van der Waals surface area contributed by atoms with Crippen molar-refractivity contribution in [2.24, 2.45) is 10.7 Å². The third kappa shape index (κ3) is 2.42. The van der Waals surface area contributed by atoms with E-state index in [0.29, 0.717) is 5.96 Å². The molecule has 0 spiro atoms. The van der Waals surface area contributed by atoms with Crippen LogP contribution >= 0.6 is 27.3 Å². The van der Waals surface area contributed by atoms with Crippen LogP contribution in [0.2, 0.25) is 0 Å². The van der Waals surface area contributed by atoms with Crippen molar-refractivity contribution in [3.05, 3.63) is 27.5 Å². The summed E-state index contributed by atoms with van der Waals surface area (Å²) in [5.41, 5.74) is 7.18. The minimum Gasteiger partial charge on any atom is -0.370 e. The summed E-state index contributed by atoms with van der Waals surface area (Å²) in [5, 5.41) is 4.49. The first-order chi connectivity index (χ1) is 10.6. The highest BCUT2D eigenvalue weighted by Crippen LogP contribution is 2.44.